The van der Waals surface area contributed by atoms with Crippen LogP contribution in [-0.4, -0.2) is 94.1 Å². The molecule has 0 bridgehead atoms. The standard InChI is InChI=1S/C18H30N4O4S2/c1-3-4-17-5-7-18(8-6-17)27(23,24)20-13-15-22(16-14-20)28(25,26)21-11-9-19(2)10-12-21/h5-8H,3-4,9-16H2,1-2H3. The highest BCUT2D eigenvalue weighted by Crippen LogP contribution is 2.21. The minimum atomic E-state index is -3.60. The molecule has 10 heteroatoms. The first kappa shape index (κ1) is 21.7. The molecule has 28 heavy (non-hydrogen) atoms. The van der Waals surface area contributed by atoms with Crippen LogP contribution >= 0.6 is 0 Å². The molecule has 158 valence electrons. The van der Waals surface area contributed by atoms with Gasteiger partial charge in [-0.15, -0.1) is 0 Å². The lowest BCUT2D eigenvalue weighted by atomic mass is 10.1. The maximum absolute atomic E-state index is 12.9. The first-order chi connectivity index (χ1) is 13.2. The first-order valence-corrected chi connectivity index (χ1v) is 12.6. The van der Waals surface area contributed by atoms with Gasteiger partial charge in [0.15, 0.2) is 0 Å². The summed E-state index contributed by atoms with van der Waals surface area (Å²) in [7, 11) is -5.16. The van der Waals surface area contributed by atoms with Crippen LogP contribution in [-0.2, 0) is 26.7 Å². The van der Waals surface area contributed by atoms with E-state index < -0.39 is 20.2 Å². The van der Waals surface area contributed by atoms with Gasteiger partial charge in [-0.25, -0.2) is 8.42 Å². The zero-order valence-corrected chi connectivity index (χ0v) is 18.3. The average Bonchev–Trinajstić information content (AvgIpc) is 2.69. The van der Waals surface area contributed by atoms with Gasteiger partial charge < -0.3 is 4.90 Å². The van der Waals surface area contributed by atoms with Crippen molar-refractivity contribution in [2.24, 2.45) is 0 Å². The largest absolute Gasteiger partial charge is 0.304 e. The third kappa shape index (κ3) is 4.58. The Hall–Kier alpha value is -1.04. The summed E-state index contributed by atoms with van der Waals surface area (Å²) < 4.78 is 55.8. The van der Waals surface area contributed by atoms with E-state index in [0.717, 1.165) is 18.4 Å². The lowest BCUT2D eigenvalue weighted by molar-refractivity contribution is 0.201. The quantitative estimate of drug-likeness (QED) is 0.654. The molecule has 1 aromatic rings. The average molecular weight is 431 g/mol. The Morgan fingerprint density at radius 2 is 1.21 bits per heavy atom. The van der Waals surface area contributed by atoms with Gasteiger partial charge in [-0.05, 0) is 31.2 Å². The van der Waals surface area contributed by atoms with Gasteiger partial charge in [-0.2, -0.15) is 21.3 Å². The number of benzene rings is 1. The van der Waals surface area contributed by atoms with Crippen molar-refractivity contribution in [2.45, 2.75) is 24.7 Å². The predicted octanol–water partition coefficient (Wildman–Crippen LogP) is 0.438. The van der Waals surface area contributed by atoms with Crippen LogP contribution < -0.4 is 0 Å². The summed E-state index contributed by atoms with van der Waals surface area (Å²) in [4.78, 5) is 2.37. The van der Waals surface area contributed by atoms with Crippen LogP contribution in [0, 0.1) is 0 Å². The smallest absolute Gasteiger partial charge is 0.282 e. The maximum Gasteiger partial charge on any atom is 0.282 e. The number of nitrogens with zero attached hydrogens (tertiary/aromatic N) is 4. The molecule has 0 N–H and O–H groups in total. The summed E-state index contributed by atoms with van der Waals surface area (Å²) in [5, 5.41) is 0. The van der Waals surface area contributed by atoms with Gasteiger partial charge in [-0.3, -0.25) is 0 Å². The van der Waals surface area contributed by atoms with Gasteiger partial charge in [0, 0.05) is 52.4 Å². The topological polar surface area (TPSA) is 81.2 Å². The van der Waals surface area contributed by atoms with Gasteiger partial charge in [0.05, 0.1) is 4.90 Å². The third-order valence-corrected chi connectivity index (χ3v) is 9.36. The SMILES string of the molecule is CCCc1ccc(S(=O)(=O)N2CCN(S(=O)(=O)N3CCN(C)CC3)CC2)cc1. The second kappa shape index (κ2) is 8.76. The summed E-state index contributed by atoms with van der Waals surface area (Å²) in [5.41, 5.74) is 1.12. The molecule has 0 saturated carbocycles. The number of aryl methyl sites for hydroxylation is 1. The van der Waals surface area contributed by atoms with Crippen molar-refractivity contribution in [1.29, 1.82) is 0 Å². The van der Waals surface area contributed by atoms with E-state index in [1.54, 1.807) is 12.1 Å². The Kier molecular flexibility index (Phi) is 6.78. The molecule has 0 atom stereocenters. The van der Waals surface area contributed by atoms with Crippen LogP contribution in [0.2, 0.25) is 0 Å². The molecular formula is C18H30N4O4S2. The van der Waals surface area contributed by atoms with Gasteiger partial charge >= 0.3 is 0 Å². The predicted molar refractivity (Wildman–Crippen MR) is 109 cm³/mol. The van der Waals surface area contributed by atoms with E-state index in [-0.39, 0.29) is 31.1 Å². The van der Waals surface area contributed by atoms with Crippen LogP contribution in [0.4, 0.5) is 0 Å². The number of hydrogen-bond acceptors (Lipinski definition) is 5. The molecule has 1 aromatic carbocycles. The van der Waals surface area contributed by atoms with Gasteiger partial charge in [-0.1, -0.05) is 25.5 Å². The Morgan fingerprint density at radius 1 is 0.750 bits per heavy atom. The molecular weight excluding hydrogens is 400 g/mol. The number of hydrogen-bond donors (Lipinski definition) is 0. The Balaban J connectivity index is 1.64. The molecule has 0 aliphatic carbocycles. The van der Waals surface area contributed by atoms with Crippen LogP contribution in [0.25, 0.3) is 0 Å². The summed E-state index contributed by atoms with van der Waals surface area (Å²) in [6.07, 6.45) is 1.93. The summed E-state index contributed by atoms with van der Waals surface area (Å²) in [5.74, 6) is 0. The van der Waals surface area contributed by atoms with Crippen LogP contribution in [0.1, 0.15) is 18.9 Å². The highest BCUT2D eigenvalue weighted by molar-refractivity contribution is 7.89. The normalized spacial score (nSPS) is 21.8. The van der Waals surface area contributed by atoms with Crippen LogP contribution in [0.15, 0.2) is 29.2 Å². The van der Waals surface area contributed by atoms with Crippen LogP contribution in [0.5, 0.6) is 0 Å². The van der Waals surface area contributed by atoms with Gasteiger partial charge in [0.1, 0.15) is 0 Å². The first-order valence-electron chi connectivity index (χ1n) is 9.78. The maximum atomic E-state index is 12.9. The Labute approximate surface area is 168 Å². The molecule has 2 heterocycles. The van der Waals surface area contributed by atoms with E-state index >= 15 is 0 Å². The van der Waals surface area contributed by atoms with Gasteiger partial charge in [0.25, 0.3) is 10.2 Å². The van der Waals surface area contributed by atoms with Crippen molar-refractivity contribution < 1.29 is 16.8 Å². The summed E-state index contributed by atoms with van der Waals surface area (Å²) in [6.45, 7) is 5.16. The molecule has 0 aromatic heterocycles. The van der Waals surface area contributed by atoms with E-state index in [1.165, 1.54) is 12.9 Å². The highest BCUT2D eigenvalue weighted by atomic mass is 32.2. The molecule has 2 aliphatic heterocycles. The van der Waals surface area contributed by atoms with E-state index in [2.05, 4.69) is 11.8 Å². The molecule has 0 radical (unpaired) electrons. The second-order valence-corrected chi connectivity index (χ2v) is 11.3. The number of sulfonamides is 1. The van der Waals surface area contributed by atoms with E-state index in [0.29, 0.717) is 26.2 Å². The second-order valence-electron chi connectivity index (χ2n) is 7.41. The van der Waals surface area contributed by atoms with Crippen molar-refractivity contribution in [3.63, 3.8) is 0 Å². The van der Waals surface area contributed by atoms with Crippen molar-refractivity contribution >= 4 is 20.2 Å². The fraction of sp³-hybridized carbons (Fsp3) is 0.667. The van der Waals surface area contributed by atoms with E-state index in [1.807, 2.05) is 19.2 Å². The van der Waals surface area contributed by atoms with Gasteiger partial charge in [0.2, 0.25) is 10.0 Å². The molecule has 2 fully saturated rings. The minimum Gasteiger partial charge on any atom is -0.304 e. The fourth-order valence-electron chi connectivity index (χ4n) is 3.59. The minimum absolute atomic E-state index is 0.173. The lowest BCUT2D eigenvalue weighted by Gasteiger charge is -2.38. The summed E-state index contributed by atoms with van der Waals surface area (Å²) >= 11 is 0. The molecule has 0 amide bonds. The molecule has 0 spiro atoms. The fourth-order valence-corrected chi connectivity index (χ4v) is 6.59. The van der Waals surface area contributed by atoms with Crippen molar-refractivity contribution in [2.75, 3.05) is 59.4 Å². The van der Waals surface area contributed by atoms with E-state index in [4.69, 9.17) is 0 Å². The highest BCUT2D eigenvalue weighted by Gasteiger charge is 2.36. The van der Waals surface area contributed by atoms with Crippen molar-refractivity contribution in [3.05, 3.63) is 29.8 Å². The lowest BCUT2D eigenvalue weighted by Crippen LogP contribution is -2.57. The number of piperazine rings is 2. The van der Waals surface area contributed by atoms with Crippen molar-refractivity contribution in [1.82, 2.24) is 17.8 Å². The Morgan fingerprint density at radius 3 is 1.71 bits per heavy atom. The molecule has 2 aliphatic rings. The molecule has 2 saturated heterocycles. The third-order valence-electron chi connectivity index (χ3n) is 5.41. The Bertz CT molecular complexity index is 855. The summed E-state index contributed by atoms with van der Waals surface area (Å²) in [6, 6.07) is 7.00. The zero-order chi connectivity index (χ0) is 20.4. The van der Waals surface area contributed by atoms with Crippen LogP contribution in [0.3, 0.4) is 0 Å². The number of likely N-dealkylation sites (N-methyl/N-ethyl adjacent to an activating group) is 1. The van der Waals surface area contributed by atoms with E-state index in [9.17, 15) is 16.8 Å². The zero-order valence-electron chi connectivity index (χ0n) is 16.6. The van der Waals surface area contributed by atoms with Crippen molar-refractivity contribution in [3.8, 4) is 0 Å². The molecule has 8 nitrogen and oxygen atoms in total. The monoisotopic (exact) mass is 430 g/mol. The molecule has 0 unspecified atom stereocenters. The number of rotatable bonds is 6. The molecule has 3 rings (SSSR count).